The Bertz CT molecular complexity index is 587. The van der Waals surface area contributed by atoms with Crippen LogP contribution in [0.15, 0.2) is 60.7 Å². The maximum atomic E-state index is 10.5. The first kappa shape index (κ1) is 16.2. The molecule has 0 bridgehead atoms. The second-order valence-corrected chi connectivity index (χ2v) is 6.41. The van der Waals surface area contributed by atoms with E-state index in [1.807, 2.05) is 12.1 Å². The molecular weight excluding hydrogens is 284 g/mol. The monoisotopic (exact) mass is 310 g/mol. The summed E-state index contributed by atoms with van der Waals surface area (Å²) in [4.78, 5) is 2.38. The fourth-order valence-corrected chi connectivity index (χ4v) is 3.33. The highest BCUT2D eigenvalue weighted by atomic mass is 16.3. The van der Waals surface area contributed by atoms with E-state index >= 15 is 0 Å². The largest absolute Gasteiger partial charge is 0.390 e. The van der Waals surface area contributed by atoms with Crippen molar-refractivity contribution < 1.29 is 5.11 Å². The summed E-state index contributed by atoms with van der Waals surface area (Å²) in [5, 5.41) is 14.0. The maximum absolute atomic E-state index is 10.5. The van der Waals surface area contributed by atoms with Crippen LogP contribution in [0.1, 0.15) is 30.5 Å². The first-order valence-corrected chi connectivity index (χ1v) is 8.48. The van der Waals surface area contributed by atoms with Crippen LogP contribution in [0.4, 0.5) is 0 Å². The van der Waals surface area contributed by atoms with Gasteiger partial charge in [-0.05, 0) is 24.5 Å². The van der Waals surface area contributed by atoms with Gasteiger partial charge >= 0.3 is 0 Å². The third-order valence-corrected chi connectivity index (χ3v) is 4.85. The molecule has 0 aromatic heterocycles. The molecule has 0 radical (unpaired) electrons. The van der Waals surface area contributed by atoms with E-state index < -0.39 is 0 Å². The fraction of sp³-hybridized carbons (Fsp3) is 0.400. The molecule has 0 aliphatic carbocycles. The Morgan fingerprint density at radius 1 is 1.09 bits per heavy atom. The number of rotatable bonds is 5. The second-order valence-electron chi connectivity index (χ2n) is 6.41. The molecule has 122 valence electrons. The van der Waals surface area contributed by atoms with Gasteiger partial charge in [-0.25, -0.2) is 0 Å². The SMILES string of the molecule is CC(c1ccccc1)N1CCC(NCc2ccccc2)C(O)C1. The number of aliphatic hydroxyl groups excluding tert-OH is 1. The van der Waals surface area contributed by atoms with Gasteiger partial charge in [-0.1, -0.05) is 60.7 Å². The lowest BCUT2D eigenvalue weighted by atomic mass is 9.98. The van der Waals surface area contributed by atoms with Crippen LogP contribution < -0.4 is 5.32 Å². The van der Waals surface area contributed by atoms with E-state index in [0.717, 1.165) is 26.1 Å². The van der Waals surface area contributed by atoms with Gasteiger partial charge in [0.15, 0.2) is 0 Å². The Kier molecular flexibility index (Phi) is 5.44. The van der Waals surface area contributed by atoms with Gasteiger partial charge in [0.2, 0.25) is 0 Å². The molecule has 3 nitrogen and oxygen atoms in total. The first-order chi connectivity index (χ1) is 11.2. The molecule has 3 heteroatoms. The zero-order chi connectivity index (χ0) is 16.1. The van der Waals surface area contributed by atoms with Crippen LogP contribution >= 0.6 is 0 Å². The van der Waals surface area contributed by atoms with Crippen LogP contribution in [0, 0.1) is 0 Å². The molecule has 2 aromatic carbocycles. The van der Waals surface area contributed by atoms with Gasteiger partial charge in [-0.3, -0.25) is 4.90 Å². The topological polar surface area (TPSA) is 35.5 Å². The Labute approximate surface area is 139 Å². The molecule has 2 N–H and O–H groups in total. The molecule has 1 saturated heterocycles. The van der Waals surface area contributed by atoms with Crippen molar-refractivity contribution in [3.05, 3.63) is 71.8 Å². The zero-order valence-corrected chi connectivity index (χ0v) is 13.7. The van der Waals surface area contributed by atoms with Gasteiger partial charge in [0, 0.05) is 31.7 Å². The van der Waals surface area contributed by atoms with Crippen LogP contribution in [0.2, 0.25) is 0 Å². The summed E-state index contributed by atoms with van der Waals surface area (Å²) >= 11 is 0. The van der Waals surface area contributed by atoms with Gasteiger partial charge in [0.1, 0.15) is 0 Å². The molecular formula is C20H26N2O. The highest BCUT2D eigenvalue weighted by Crippen LogP contribution is 2.24. The number of nitrogens with one attached hydrogen (secondary N) is 1. The molecule has 2 aromatic rings. The molecule has 0 saturated carbocycles. The molecule has 0 spiro atoms. The summed E-state index contributed by atoms with van der Waals surface area (Å²) in [6, 6.07) is 21.4. The molecule has 23 heavy (non-hydrogen) atoms. The van der Waals surface area contributed by atoms with Crippen molar-refractivity contribution in [3.8, 4) is 0 Å². The molecule has 3 rings (SSSR count). The lowest BCUT2D eigenvalue weighted by molar-refractivity contribution is 0.0230. The van der Waals surface area contributed by atoms with Crippen LogP contribution in [0.25, 0.3) is 0 Å². The molecule has 0 amide bonds. The lowest BCUT2D eigenvalue weighted by Crippen LogP contribution is -2.52. The van der Waals surface area contributed by atoms with Crippen molar-refractivity contribution in [1.82, 2.24) is 10.2 Å². The van der Waals surface area contributed by atoms with Gasteiger partial charge in [-0.2, -0.15) is 0 Å². The summed E-state index contributed by atoms with van der Waals surface area (Å²) in [5.74, 6) is 0. The van der Waals surface area contributed by atoms with E-state index in [9.17, 15) is 5.11 Å². The Morgan fingerprint density at radius 3 is 2.39 bits per heavy atom. The van der Waals surface area contributed by atoms with Crippen molar-refractivity contribution in [2.24, 2.45) is 0 Å². The van der Waals surface area contributed by atoms with Gasteiger partial charge in [-0.15, -0.1) is 0 Å². The van der Waals surface area contributed by atoms with Crippen LogP contribution in [-0.2, 0) is 6.54 Å². The van der Waals surface area contributed by atoms with Crippen molar-refractivity contribution in [2.45, 2.75) is 38.1 Å². The molecule has 1 aliphatic heterocycles. The average Bonchev–Trinajstić information content (AvgIpc) is 2.61. The van der Waals surface area contributed by atoms with Gasteiger partial charge in [0.05, 0.1) is 6.10 Å². The number of β-amino-alcohol motifs (C(OH)–C–C–N with tert-alkyl or cyclic N) is 1. The zero-order valence-electron chi connectivity index (χ0n) is 13.7. The number of benzene rings is 2. The van der Waals surface area contributed by atoms with E-state index in [4.69, 9.17) is 0 Å². The summed E-state index contributed by atoms with van der Waals surface area (Å²) in [6.45, 7) is 4.78. The smallest absolute Gasteiger partial charge is 0.0820 e. The van der Waals surface area contributed by atoms with E-state index in [1.165, 1.54) is 11.1 Å². The van der Waals surface area contributed by atoms with Crippen molar-refractivity contribution in [3.63, 3.8) is 0 Å². The third kappa shape index (κ3) is 4.20. The normalized spacial score (nSPS) is 23.6. The Balaban J connectivity index is 1.53. The number of hydrogen-bond acceptors (Lipinski definition) is 3. The number of likely N-dealkylation sites (tertiary alicyclic amines) is 1. The predicted octanol–water partition coefficient (Wildman–Crippen LogP) is 2.97. The number of piperidine rings is 1. The quantitative estimate of drug-likeness (QED) is 0.891. The van der Waals surface area contributed by atoms with Crippen LogP contribution in [0.5, 0.6) is 0 Å². The number of aliphatic hydroxyl groups is 1. The maximum Gasteiger partial charge on any atom is 0.0820 e. The van der Waals surface area contributed by atoms with Crippen LogP contribution in [0.3, 0.4) is 0 Å². The summed E-state index contributed by atoms with van der Waals surface area (Å²) in [6.07, 6.45) is 0.657. The van der Waals surface area contributed by atoms with Crippen molar-refractivity contribution in [1.29, 1.82) is 0 Å². The fourth-order valence-electron chi connectivity index (χ4n) is 3.33. The molecule has 3 unspecified atom stereocenters. The van der Waals surface area contributed by atoms with E-state index in [0.29, 0.717) is 6.04 Å². The first-order valence-electron chi connectivity index (χ1n) is 8.48. The van der Waals surface area contributed by atoms with Crippen molar-refractivity contribution >= 4 is 0 Å². The molecule has 1 heterocycles. The summed E-state index contributed by atoms with van der Waals surface area (Å²) in [7, 11) is 0. The molecule has 1 fully saturated rings. The standard InChI is InChI=1S/C20H26N2O/c1-16(18-10-6-3-7-11-18)22-13-12-19(20(23)15-22)21-14-17-8-4-2-5-9-17/h2-11,16,19-21,23H,12-15H2,1H3. The van der Waals surface area contributed by atoms with Gasteiger partial charge < -0.3 is 10.4 Å². The highest BCUT2D eigenvalue weighted by molar-refractivity contribution is 5.19. The van der Waals surface area contributed by atoms with Crippen molar-refractivity contribution in [2.75, 3.05) is 13.1 Å². The summed E-state index contributed by atoms with van der Waals surface area (Å²) in [5.41, 5.74) is 2.58. The predicted molar refractivity (Wildman–Crippen MR) is 94.1 cm³/mol. The summed E-state index contributed by atoms with van der Waals surface area (Å²) < 4.78 is 0. The van der Waals surface area contributed by atoms with E-state index in [1.54, 1.807) is 0 Å². The molecule has 1 aliphatic rings. The number of nitrogens with zero attached hydrogens (tertiary/aromatic N) is 1. The van der Waals surface area contributed by atoms with Gasteiger partial charge in [0.25, 0.3) is 0 Å². The second kappa shape index (κ2) is 7.73. The minimum atomic E-state index is -0.321. The highest BCUT2D eigenvalue weighted by Gasteiger charge is 2.29. The molecule has 3 atom stereocenters. The Morgan fingerprint density at radius 2 is 1.74 bits per heavy atom. The van der Waals surface area contributed by atoms with E-state index in [-0.39, 0.29) is 12.1 Å². The van der Waals surface area contributed by atoms with E-state index in [2.05, 4.69) is 65.7 Å². The number of hydrogen-bond donors (Lipinski definition) is 2. The third-order valence-electron chi connectivity index (χ3n) is 4.85. The Hall–Kier alpha value is -1.68. The minimum absolute atomic E-state index is 0.175. The lowest BCUT2D eigenvalue weighted by Gasteiger charge is -2.39. The average molecular weight is 310 g/mol. The minimum Gasteiger partial charge on any atom is -0.390 e. The van der Waals surface area contributed by atoms with Crippen LogP contribution in [-0.4, -0.2) is 35.2 Å².